The molecule has 0 aliphatic carbocycles. The zero-order valence-electron chi connectivity index (χ0n) is 11.3. The van der Waals surface area contributed by atoms with E-state index in [4.69, 9.17) is 9.94 Å². The second kappa shape index (κ2) is 6.85. The summed E-state index contributed by atoms with van der Waals surface area (Å²) in [5, 5.41) is 9.36. The van der Waals surface area contributed by atoms with Gasteiger partial charge in [0.1, 0.15) is 5.75 Å². The minimum absolute atomic E-state index is 0.0552. The maximum Gasteiger partial charge on any atom is 0.332 e. The Morgan fingerprint density at radius 3 is 2.30 bits per heavy atom. The van der Waals surface area contributed by atoms with Crippen molar-refractivity contribution in [3.8, 4) is 5.75 Å². The van der Waals surface area contributed by atoms with Crippen LogP contribution in [-0.4, -0.2) is 40.1 Å². The van der Waals surface area contributed by atoms with E-state index in [9.17, 15) is 19.1 Å². The van der Waals surface area contributed by atoms with E-state index in [-0.39, 0.29) is 12.8 Å². The number of amides is 1. The van der Waals surface area contributed by atoms with Crippen molar-refractivity contribution < 1.29 is 29.1 Å². The Morgan fingerprint density at radius 2 is 1.90 bits per heavy atom. The van der Waals surface area contributed by atoms with E-state index in [1.54, 1.807) is 24.3 Å². The summed E-state index contributed by atoms with van der Waals surface area (Å²) in [7, 11) is -1.74. The molecule has 8 heteroatoms. The minimum atomic E-state index is -4.40. The molecule has 1 amide bonds. The fourth-order valence-corrected chi connectivity index (χ4v) is 2.80. The average molecular weight is 303 g/mol. The molecule has 0 radical (unpaired) electrons. The molecule has 7 nitrogen and oxygen atoms in total. The summed E-state index contributed by atoms with van der Waals surface area (Å²) < 4.78 is 16.5. The van der Waals surface area contributed by atoms with Crippen LogP contribution in [0.1, 0.15) is 24.1 Å². The van der Waals surface area contributed by atoms with Crippen molar-refractivity contribution in [2.45, 2.75) is 18.5 Å². The third-order valence-corrected chi connectivity index (χ3v) is 4.27. The largest absolute Gasteiger partial charge is 0.497 e. The van der Waals surface area contributed by atoms with Gasteiger partial charge in [0.25, 0.3) is 0 Å². The first-order valence-corrected chi connectivity index (χ1v) is 7.58. The van der Waals surface area contributed by atoms with E-state index in [1.807, 2.05) is 0 Å². The molecule has 0 saturated carbocycles. The molecular weight excluding hydrogens is 285 g/mol. The zero-order chi connectivity index (χ0) is 15.3. The number of nitrogens with zero attached hydrogens (tertiary/aromatic N) is 1. The third kappa shape index (κ3) is 4.61. The molecule has 0 bridgehead atoms. The highest BCUT2D eigenvalue weighted by Gasteiger charge is 2.31. The van der Waals surface area contributed by atoms with Gasteiger partial charge >= 0.3 is 7.60 Å². The lowest BCUT2D eigenvalue weighted by atomic mass is 10.1. The molecule has 112 valence electrons. The summed E-state index contributed by atoms with van der Waals surface area (Å²) in [4.78, 5) is 30.1. The first-order valence-electron chi connectivity index (χ1n) is 5.90. The fourth-order valence-electron chi connectivity index (χ4n) is 1.78. The molecule has 0 aromatic heterocycles. The van der Waals surface area contributed by atoms with E-state index in [1.165, 1.54) is 14.2 Å². The molecule has 20 heavy (non-hydrogen) atoms. The van der Waals surface area contributed by atoms with Crippen LogP contribution in [0.5, 0.6) is 5.75 Å². The lowest BCUT2D eigenvalue weighted by molar-refractivity contribution is -0.159. The van der Waals surface area contributed by atoms with Gasteiger partial charge in [-0.1, -0.05) is 12.1 Å². The normalized spacial score (nSPS) is 12.8. The number of methoxy groups -OCH3 is 1. The Balaban J connectivity index is 2.89. The summed E-state index contributed by atoms with van der Waals surface area (Å²) in [6.07, 6.45) is -0.213. The molecule has 0 heterocycles. The highest BCUT2D eigenvalue weighted by atomic mass is 31.2. The van der Waals surface area contributed by atoms with Gasteiger partial charge in [-0.05, 0) is 24.1 Å². The molecule has 0 aliphatic rings. The molecule has 1 rings (SSSR count). The van der Waals surface area contributed by atoms with Crippen LogP contribution in [0.3, 0.4) is 0 Å². The number of ether oxygens (including phenoxy) is 1. The van der Waals surface area contributed by atoms with E-state index < -0.39 is 19.2 Å². The molecule has 3 N–H and O–H groups in total. The van der Waals surface area contributed by atoms with Gasteiger partial charge in [-0.15, -0.1) is 0 Å². The van der Waals surface area contributed by atoms with Crippen molar-refractivity contribution >= 4 is 13.5 Å². The Morgan fingerprint density at radius 1 is 1.35 bits per heavy atom. The maximum absolute atomic E-state index is 11.5. The zero-order valence-corrected chi connectivity index (χ0v) is 12.2. The van der Waals surface area contributed by atoms with Crippen LogP contribution in [0.4, 0.5) is 0 Å². The maximum atomic E-state index is 11.5. The topological polar surface area (TPSA) is 107 Å². The molecule has 0 saturated heterocycles. The van der Waals surface area contributed by atoms with Gasteiger partial charge in [-0.25, -0.2) is 5.06 Å². The van der Waals surface area contributed by atoms with Gasteiger partial charge in [0.05, 0.1) is 12.8 Å². The Bertz CT molecular complexity index is 495. The van der Waals surface area contributed by atoms with Gasteiger partial charge in [0.15, 0.2) is 0 Å². The monoisotopic (exact) mass is 303 g/mol. The first-order chi connectivity index (χ1) is 9.25. The van der Waals surface area contributed by atoms with Crippen molar-refractivity contribution in [2.75, 3.05) is 14.2 Å². The van der Waals surface area contributed by atoms with Crippen LogP contribution in [0.25, 0.3) is 0 Å². The van der Waals surface area contributed by atoms with Crippen molar-refractivity contribution in [2.24, 2.45) is 0 Å². The Kier molecular flexibility index (Phi) is 5.71. The summed E-state index contributed by atoms with van der Waals surface area (Å²) in [5.41, 5.74) is -0.662. The summed E-state index contributed by atoms with van der Waals surface area (Å²) in [6.45, 7) is 0. The van der Waals surface area contributed by atoms with Crippen LogP contribution in [-0.2, 0) is 9.36 Å². The number of hydroxylamine groups is 2. The van der Waals surface area contributed by atoms with Crippen LogP contribution < -0.4 is 4.74 Å². The van der Waals surface area contributed by atoms with Gasteiger partial charge in [0.2, 0.25) is 5.91 Å². The fraction of sp³-hybridized carbons (Fsp3) is 0.417. The molecule has 1 aromatic rings. The van der Waals surface area contributed by atoms with Gasteiger partial charge in [0, 0.05) is 13.5 Å². The Hall–Kier alpha value is -1.40. The quantitative estimate of drug-likeness (QED) is 0.418. The molecule has 0 spiro atoms. The number of hydrogen-bond acceptors (Lipinski definition) is 4. The van der Waals surface area contributed by atoms with Gasteiger partial charge in [-0.3, -0.25) is 14.6 Å². The van der Waals surface area contributed by atoms with E-state index in [0.29, 0.717) is 16.4 Å². The Labute approximate surface area is 116 Å². The minimum Gasteiger partial charge on any atom is -0.497 e. The van der Waals surface area contributed by atoms with Crippen molar-refractivity contribution in [1.29, 1.82) is 0 Å². The summed E-state index contributed by atoms with van der Waals surface area (Å²) in [5.74, 6) is -0.0265. The third-order valence-electron chi connectivity index (χ3n) is 2.90. The highest BCUT2D eigenvalue weighted by Crippen LogP contribution is 2.54. The van der Waals surface area contributed by atoms with Gasteiger partial charge < -0.3 is 14.5 Å². The lowest BCUT2D eigenvalue weighted by Gasteiger charge is -2.19. The van der Waals surface area contributed by atoms with Crippen molar-refractivity contribution in [3.05, 3.63) is 29.8 Å². The number of carbonyl (C=O) groups excluding carboxylic acids is 1. The lowest BCUT2D eigenvalue weighted by Crippen LogP contribution is -2.22. The number of benzene rings is 1. The molecule has 0 unspecified atom stereocenters. The summed E-state index contributed by atoms with van der Waals surface area (Å²) >= 11 is 0. The van der Waals surface area contributed by atoms with Crippen molar-refractivity contribution in [1.82, 2.24) is 5.06 Å². The van der Waals surface area contributed by atoms with E-state index in [2.05, 4.69) is 0 Å². The van der Waals surface area contributed by atoms with E-state index >= 15 is 0 Å². The average Bonchev–Trinajstić information content (AvgIpc) is 2.37. The molecule has 0 aliphatic heterocycles. The molecule has 0 fully saturated rings. The van der Waals surface area contributed by atoms with E-state index in [0.717, 1.165) is 0 Å². The SMILES string of the molecule is COc1ccc([C@H](CCC(=O)N(C)O)P(=O)(O)O)cc1. The van der Waals surface area contributed by atoms with Crippen LogP contribution >= 0.6 is 7.60 Å². The summed E-state index contributed by atoms with van der Waals surface area (Å²) in [6, 6.07) is 6.29. The molecule has 1 aromatic carbocycles. The van der Waals surface area contributed by atoms with Crippen LogP contribution in [0, 0.1) is 0 Å². The predicted octanol–water partition coefficient (Wildman–Crippen LogP) is 1.54. The predicted molar refractivity (Wildman–Crippen MR) is 71.6 cm³/mol. The molecule has 1 atom stereocenters. The first kappa shape index (κ1) is 16.7. The second-order valence-corrected chi connectivity index (χ2v) is 6.14. The number of hydrogen-bond donors (Lipinski definition) is 3. The second-order valence-electron chi connectivity index (χ2n) is 4.33. The van der Waals surface area contributed by atoms with Crippen LogP contribution in [0.2, 0.25) is 0 Å². The smallest absolute Gasteiger partial charge is 0.332 e. The number of rotatable bonds is 6. The van der Waals surface area contributed by atoms with Crippen LogP contribution in [0.15, 0.2) is 24.3 Å². The van der Waals surface area contributed by atoms with Gasteiger partial charge in [-0.2, -0.15) is 0 Å². The molecular formula is C12H18NO6P. The van der Waals surface area contributed by atoms with Crippen molar-refractivity contribution in [3.63, 3.8) is 0 Å². The number of carbonyl (C=O) groups is 1. The standard InChI is InChI=1S/C12H18NO6P/c1-13(15)12(14)8-7-11(20(16,17)18)9-3-5-10(19-2)6-4-9/h3-6,11,15H,7-8H2,1-2H3,(H2,16,17,18)/t11-/m0/s1. The highest BCUT2D eigenvalue weighted by molar-refractivity contribution is 7.52.